The molecule has 1 nitrogen and oxygen atoms in total. The molecule has 0 heterocycles. The Kier molecular flexibility index (Phi) is 8.52. The van der Waals surface area contributed by atoms with Gasteiger partial charge in [0.05, 0.1) is 0 Å². The summed E-state index contributed by atoms with van der Waals surface area (Å²) in [5, 5.41) is 8.50. The molecule has 0 aliphatic rings. The number of aliphatic hydroxyl groups is 1. The summed E-state index contributed by atoms with van der Waals surface area (Å²) in [6.07, 6.45) is 1.78. The van der Waals surface area contributed by atoms with Crippen LogP contribution >= 0.6 is 0 Å². The average molecular weight is 204 g/mol. The third-order valence-corrected chi connectivity index (χ3v) is 1.98. The van der Waals surface area contributed by atoms with E-state index < -0.39 is 0 Å². The summed E-state index contributed by atoms with van der Waals surface area (Å²) in [5.74, 6) is 5.58. The summed E-state index contributed by atoms with van der Waals surface area (Å²) < 4.78 is 0. The Morgan fingerprint density at radius 1 is 1.07 bits per heavy atom. The Bertz CT molecular complexity index is 318. The van der Waals surface area contributed by atoms with Gasteiger partial charge in [0.1, 0.15) is 6.61 Å². The van der Waals surface area contributed by atoms with Gasteiger partial charge in [0.15, 0.2) is 0 Å². The van der Waals surface area contributed by atoms with Crippen LogP contribution in [0, 0.1) is 11.8 Å². The van der Waals surface area contributed by atoms with Crippen LogP contribution in [0.2, 0.25) is 0 Å². The highest BCUT2D eigenvalue weighted by molar-refractivity contribution is 5.30. The molecule has 0 bridgehead atoms. The van der Waals surface area contributed by atoms with Crippen LogP contribution in [0.4, 0.5) is 0 Å². The van der Waals surface area contributed by atoms with Crippen LogP contribution in [0.15, 0.2) is 24.3 Å². The molecule has 0 aliphatic heterocycles. The van der Waals surface area contributed by atoms with Crippen molar-refractivity contribution in [2.45, 2.75) is 33.6 Å². The Balaban J connectivity index is 0.000000921. The maximum absolute atomic E-state index is 8.50. The van der Waals surface area contributed by atoms with Crippen molar-refractivity contribution in [1.29, 1.82) is 0 Å². The zero-order chi connectivity index (χ0) is 11.5. The van der Waals surface area contributed by atoms with Crippen molar-refractivity contribution in [2.24, 2.45) is 0 Å². The first-order valence-corrected chi connectivity index (χ1v) is 5.51. The van der Waals surface area contributed by atoms with E-state index >= 15 is 0 Å². The largest absolute Gasteiger partial charge is 0.384 e. The van der Waals surface area contributed by atoms with Gasteiger partial charge in [-0.3, -0.25) is 0 Å². The number of hydrogen-bond acceptors (Lipinski definition) is 1. The summed E-state index contributed by atoms with van der Waals surface area (Å²) >= 11 is 0. The van der Waals surface area contributed by atoms with Gasteiger partial charge in [0, 0.05) is 6.42 Å². The fraction of sp³-hybridized carbons (Fsp3) is 0.429. The third-order valence-electron chi connectivity index (χ3n) is 1.98. The van der Waals surface area contributed by atoms with Gasteiger partial charge < -0.3 is 5.11 Å². The highest BCUT2D eigenvalue weighted by atomic mass is 16.2. The van der Waals surface area contributed by atoms with Crippen molar-refractivity contribution in [3.05, 3.63) is 35.4 Å². The molecule has 0 saturated carbocycles. The van der Waals surface area contributed by atoms with Crippen LogP contribution in [0.1, 0.15) is 31.9 Å². The number of aryl methyl sites for hydroxylation is 1. The third kappa shape index (κ3) is 5.24. The molecule has 1 N–H and O–H groups in total. The molecule has 1 rings (SSSR count). The predicted octanol–water partition coefficient (Wildman–Crippen LogP) is 2.81. The lowest BCUT2D eigenvalue weighted by Crippen LogP contribution is -1.90. The zero-order valence-corrected chi connectivity index (χ0v) is 9.88. The molecule has 1 aromatic rings. The first kappa shape index (κ1) is 13.7. The molecule has 0 fully saturated rings. The number of rotatable bonds is 2. The van der Waals surface area contributed by atoms with E-state index in [0.717, 1.165) is 12.8 Å². The Hall–Kier alpha value is -1.26. The van der Waals surface area contributed by atoms with Gasteiger partial charge >= 0.3 is 0 Å². The fourth-order valence-electron chi connectivity index (χ4n) is 1.29. The van der Waals surface area contributed by atoms with Crippen molar-refractivity contribution >= 4 is 0 Å². The van der Waals surface area contributed by atoms with E-state index in [2.05, 4.69) is 30.9 Å². The van der Waals surface area contributed by atoms with Crippen molar-refractivity contribution in [1.82, 2.24) is 0 Å². The fourth-order valence-corrected chi connectivity index (χ4v) is 1.29. The van der Waals surface area contributed by atoms with E-state index in [1.165, 1.54) is 11.1 Å². The minimum Gasteiger partial charge on any atom is -0.384 e. The van der Waals surface area contributed by atoms with Crippen molar-refractivity contribution in [2.75, 3.05) is 6.61 Å². The highest BCUT2D eigenvalue weighted by Crippen LogP contribution is 2.09. The van der Waals surface area contributed by atoms with Gasteiger partial charge in [0.2, 0.25) is 0 Å². The maximum Gasteiger partial charge on any atom is 0.104 e. The van der Waals surface area contributed by atoms with Crippen molar-refractivity contribution < 1.29 is 5.11 Å². The molecule has 1 aromatic carbocycles. The Labute approximate surface area is 93.2 Å². The summed E-state index contributed by atoms with van der Waals surface area (Å²) in [6.45, 7) is 6.09. The molecule has 0 unspecified atom stereocenters. The van der Waals surface area contributed by atoms with Crippen LogP contribution in [0.25, 0.3) is 0 Å². The first-order chi connectivity index (χ1) is 7.38. The van der Waals surface area contributed by atoms with Crippen LogP contribution in [0.3, 0.4) is 0 Å². The normalized spacial score (nSPS) is 8.27. The standard InChI is InChI=1S/C12H14O.C2H6/c1-2-11-7-3-4-8-12(11)9-5-6-10-13;1-2/h3-4,7-8,13H,2,9-10H2,1H3;1-2H3. The summed E-state index contributed by atoms with van der Waals surface area (Å²) in [5.41, 5.74) is 2.61. The monoisotopic (exact) mass is 204 g/mol. The van der Waals surface area contributed by atoms with Crippen LogP contribution in [-0.2, 0) is 12.8 Å². The molecule has 0 atom stereocenters. The van der Waals surface area contributed by atoms with Crippen LogP contribution in [0.5, 0.6) is 0 Å². The molecule has 1 heteroatoms. The van der Waals surface area contributed by atoms with Crippen molar-refractivity contribution in [3.8, 4) is 11.8 Å². The van der Waals surface area contributed by atoms with E-state index in [9.17, 15) is 0 Å². The van der Waals surface area contributed by atoms with Gasteiger partial charge in [-0.25, -0.2) is 0 Å². The van der Waals surface area contributed by atoms with Crippen molar-refractivity contribution in [3.63, 3.8) is 0 Å². The second-order valence-corrected chi connectivity index (χ2v) is 2.81. The average Bonchev–Trinajstić information content (AvgIpc) is 2.33. The number of benzene rings is 1. The minimum atomic E-state index is -0.0473. The Morgan fingerprint density at radius 2 is 1.67 bits per heavy atom. The Morgan fingerprint density at radius 3 is 2.20 bits per heavy atom. The molecular weight excluding hydrogens is 184 g/mol. The van der Waals surface area contributed by atoms with Crippen LogP contribution in [-0.4, -0.2) is 11.7 Å². The molecule has 0 radical (unpaired) electrons. The van der Waals surface area contributed by atoms with E-state index in [1.807, 2.05) is 26.0 Å². The van der Waals surface area contributed by atoms with Gasteiger partial charge in [-0.15, -0.1) is 0 Å². The molecular formula is C14H20O. The first-order valence-electron chi connectivity index (χ1n) is 5.51. The summed E-state index contributed by atoms with van der Waals surface area (Å²) in [4.78, 5) is 0. The topological polar surface area (TPSA) is 20.2 Å². The van der Waals surface area contributed by atoms with E-state index in [-0.39, 0.29) is 6.61 Å². The van der Waals surface area contributed by atoms with E-state index in [1.54, 1.807) is 0 Å². The molecule has 0 aliphatic carbocycles. The zero-order valence-electron chi connectivity index (χ0n) is 9.88. The highest BCUT2D eigenvalue weighted by Gasteiger charge is 1.95. The van der Waals surface area contributed by atoms with E-state index in [4.69, 9.17) is 5.11 Å². The van der Waals surface area contributed by atoms with Gasteiger partial charge in [-0.2, -0.15) is 0 Å². The van der Waals surface area contributed by atoms with Gasteiger partial charge in [-0.1, -0.05) is 56.9 Å². The quantitative estimate of drug-likeness (QED) is 0.734. The molecule has 0 aromatic heterocycles. The molecule has 82 valence electrons. The number of hydrogen-bond donors (Lipinski definition) is 1. The molecule has 0 saturated heterocycles. The summed E-state index contributed by atoms with van der Waals surface area (Å²) in [6, 6.07) is 8.28. The lowest BCUT2D eigenvalue weighted by molar-refractivity contribution is 0.350. The predicted molar refractivity (Wildman–Crippen MR) is 65.7 cm³/mol. The smallest absolute Gasteiger partial charge is 0.104 e. The SMILES string of the molecule is CC.CCc1ccccc1CC#CCO. The second-order valence-electron chi connectivity index (χ2n) is 2.81. The number of aliphatic hydroxyl groups excluding tert-OH is 1. The van der Waals surface area contributed by atoms with Crippen LogP contribution < -0.4 is 0 Å². The summed E-state index contributed by atoms with van der Waals surface area (Å²) in [7, 11) is 0. The second kappa shape index (κ2) is 9.30. The maximum atomic E-state index is 8.50. The lowest BCUT2D eigenvalue weighted by atomic mass is 10.0. The molecule has 0 spiro atoms. The lowest BCUT2D eigenvalue weighted by Gasteiger charge is -2.02. The van der Waals surface area contributed by atoms with Gasteiger partial charge in [0.25, 0.3) is 0 Å². The van der Waals surface area contributed by atoms with Gasteiger partial charge in [-0.05, 0) is 17.5 Å². The molecule has 0 amide bonds. The minimum absolute atomic E-state index is 0.0473. The van der Waals surface area contributed by atoms with E-state index in [0.29, 0.717) is 0 Å². The molecule has 15 heavy (non-hydrogen) atoms.